The highest BCUT2D eigenvalue weighted by atomic mass is 32.2. The third-order valence-corrected chi connectivity index (χ3v) is 5.92. The topological polar surface area (TPSA) is 101 Å². The van der Waals surface area contributed by atoms with Crippen molar-refractivity contribution in [3.63, 3.8) is 0 Å². The van der Waals surface area contributed by atoms with Gasteiger partial charge in [-0.25, -0.2) is 13.2 Å². The minimum atomic E-state index is -3.88. The lowest BCUT2D eigenvalue weighted by Crippen LogP contribution is -2.38. The molecule has 0 radical (unpaired) electrons. The lowest BCUT2D eigenvalue weighted by atomic mass is 10.2. The monoisotopic (exact) mass is 332 g/mol. The smallest absolute Gasteiger partial charge is 0.337 e. The number of anilines is 1. The number of carbonyl (C=O) groups is 1. The summed E-state index contributed by atoms with van der Waals surface area (Å²) in [6.45, 7) is 1.90. The van der Waals surface area contributed by atoms with Crippen molar-refractivity contribution in [2.45, 2.75) is 24.3 Å². The highest BCUT2D eigenvalue weighted by Gasteiger charge is 2.30. The first-order valence-electron chi connectivity index (χ1n) is 6.35. The molecule has 0 aliphatic carbocycles. The molecule has 1 aromatic rings. The Balaban J connectivity index is 3.34. The van der Waals surface area contributed by atoms with Gasteiger partial charge in [0.05, 0.1) is 10.5 Å². The molecule has 0 aliphatic rings. The van der Waals surface area contributed by atoms with Gasteiger partial charge in [-0.3, -0.25) is 0 Å². The second-order valence-electron chi connectivity index (χ2n) is 4.60. The zero-order valence-corrected chi connectivity index (χ0v) is 13.9. The van der Waals surface area contributed by atoms with Crippen LogP contribution in [0, 0.1) is 0 Å². The van der Waals surface area contributed by atoms with Gasteiger partial charge in [0.2, 0.25) is 10.0 Å². The Hall–Kier alpha value is -1.25. The Morgan fingerprint density at radius 3 is 2.57 bits per heavy atom. The molecular weight excluding hydrogens is 312 g/mol. The molecule has 0 heterocycles. The molecule has 0 aliphatic heterocycles. The fourth-order valence-electron chi connectivity index (χ4n) is 1.96. The number of carboxylic acids is 1. The lowest BCUT2D eigenvalue weighted by molar-refractivity contribution is 0.0692. The molecule has 1 rings (SSSR count). The Kier molecular flexibility index (Phi) is 6.06. The summed E-state index contributed by atoms with van der Waals surface area (Å²) < 4.78 is 26.6. The van der Waals surface area contributed by atoms with Crippen LogP contribution in [0.15, 0.2) is 23.1 Å². The number of benzene rings is 1. The number of hydrogen-bond acceptors (Lipinski definition) is 5. The first-order chi connectivity index (χ1) is 9.75. The van der Waals surface area contributed by atoms with Crippen molar-refractivity contribution in [2.75, 3.05) is 24.8 Å². The van der Waals surface area contributed by atoms with Crippen molar-refractivity contribution >= 4 is 33.4 Å². The van der Waals surface area contributed by atoms with Gasteiger partial charge in [0.15, 0.2) is 0 Å². The van der Waals surface area contributed by atoms with E-state index in [2.05, 4.69) is 0 Å². The van der Waals surface area contributed by atoms with Crippen LogP contribution in [0.25, 0.3) is 0 Å². The van der Waals surface area contributed by atoms with Gasteiger partial charge in [0.1, 0.15) is 0 Å². The van der Waals surface area contributed by atoms with E-state index in [4.69, 9.17) is 5.73 Å². The molecule has 0 saturated carbocycles. The maximum atomic E-state index is 12.7. The molecular formula is C13H20N2O4S2. The number of aromatic carboxylic acids is 1. The quantitative estimate of drug-likeness (QED) is 0.738. The fourth-order valence-corrected chi connectivity index (χ4v) is 4.49. The standard InChI is InChI=1S/C13H20N2O4S2/c1-4-10(8-20-3)15(2)21(18,19)12-6-5-9(14)7-11(12)13(16)17/h5-7,10H,4,8,14H2,1-3H3,(H,16,17). The number of thioether (sulfide) groups is 1. The van der Waals surface area contributed by atoms with E-state index >= 15 is 0 Å². The van der Waals surface area contributed by atoms with E-state index in [1.165, 1.54) is 29.6 Å². The highest BCUT2D eigenvalue weighted by molar-refractivity contribution is 7.98. The molecule has 6 nitrogen and oxygen atoms in total. The van der Waals surface area contributed by atoms with Crippen LogP contribution in [0.2, 0.25) is 0 Å². The van der Waals surface area contributed by atoms with Gasteiger partial charge in [-0.1, -0.05) is 6.92 Å². The zero-order chi connectivity index (χ0) is 16.2. The van der Waals surface area contributed by atoms with Crippen LogP contribution in [0.3, 0.4) is 0 Å². The second-order valence-corrected chi connectivity index (χ2v) is 7.48. The van der Waals surface area contributed by atoms with Crippen LogP contribution in [-0.2, 0) is 10.0 Å². The molecule has 21 heavy (non-hydrogen) atoms. The summed E-state index contributed by atoms with van der Waals surface area (Å²) in [5.41, 5.74) is 5.45. The average Bonchev–Trinajstić information content (AvgIpc) is 2.43. The fraction of sp³-hybridized carbons (Fsp3) is 0.462. The molecule has 0 fully saturated rings. The number of nitrogens with two attached hydrogens (primary N) is 1. The number of hydrogen-bond donors (Lipinski definition) is 2. The molecule has 3 N–H and O–H groups in total. The number of nitrogens with zero attached hydrogens (tertiary/aromatic N) is 1. The SMILES string of the molecule is CCC(CSC)N(C)S(=O)(=O)c1ccc(N)cc1C(=O)O. The molecule has 8 heteroatoms. The van der Waals surface area contributed by atoms with E-state index in [-0.39, 0.29) is 22.2 Å². The summed E-state index contributed by atoms with van der Waals surface area (Å²) in [5, 5.41) is 9.19. The third kappa shape index (κ3) is 3.90. The highest BCUT2D eigenvalue weighted by Crippen LogP contribution is 2.24. The molecule has 0 aromatic heterocycles. The first kappa shape index (κ1) is 17.8. The van der Waals surface area contributed by atoms with Crippen molar-refractivity contribution in [3.05, 3.63) is 23.8 Å². The van der Waals surface area contributed by atoms with Gasteiger partial charge in [0, 0.05) is 24.5 Å². The summed E-state index contributed by atoms with van der Waals surface area (Å²) in [6, 6.07) is 3.61. The number of sulfonamides is 1. The Morgan fingerprint density at radius 1 is 1.48 bits per heavy atom. The van der Waals surface area contributed by atoms with Crippen molar-refractivity contribution < 1.29 is 18.3 Å². The van der Waals surface area contributed by atoms with Crippen molar-refractivity contribution in [1.82, 2.24) is 4.31 Å². The molecule has 0 spiro atoms. The van der Waals surface area contributed by atoms with E-state index in [1.54, 1.807) is 11.8 Å². The summed E-state index contributed by atoms with van der Waals surface area (Å²) in [4.78, 5) is 11.0. The molecule has 118 valence electrons. The van der Waals surface area contributed by atoms with Gasteiger partial charge in [-0.05, 0) is 30.9 Å². The van der Waals surface area contributed by atoms with E-state index in [0.717, 1.165) is 0 Å². The van der Waals surface area contributed by atoms with Crippen molar-refractivity contribution in [2.24, 2.45) is 0 Å². The zero-order valence-electron chi connectivity index (χ0n) is 12.2. The molecule has 0 saturated heterocycles. The summed E-state index contributed by atoms with van der Waals surface area (Å²) in [6.07, 6.45) is 2.54. The van der Waals surface area contributed by atoms with Gasteiger partial charge in [-0.2, -0.15) is 16.1 Å². The number of nitrogen functional groups attached to an aromatic ring is 1. The Morgan fingerprint density at radius 2 is 2.10 bits per heavy atom. The predicted molar refractivity (Wildman–Crippen MR) is 85.2 cm³/mol. The van der Waals surface area contributed by atoms with Crippen molar-refractivity contribution in [1.29, 1.82) is 0 Å². The van der Waals surface area contributed by atoms with E-state index in [1.807, 2.05) is 13.2 Å². The Bertz CT molecular complexity index is 617. The normalized spacial score (nSPS) is 13.3. The van der Waals surface area contributed by atoms with Crippen LogP contribution in [0.4, 0.5) is 5.69 Å². The van der Waals surface area contributed by atoms with Crippen molar-refractivity contribution in [3.8, 4) is 0 Å². The number of rotatable bonds is 7. The molecule has 0 amide bonds. The van der Waals surface area contributed by atoms with Crippen LogP contribution >= 0.6 is 11.8 Å². The maximum absolute atomic E-state index is 12.7. The first-order valence-corrected chi connectivity index (χ1v) is 9.18. The van der Waals surface area contributed by atoms with Crippen LogP contribution in [-0.4, -0.2) is 48.9 Å². The van der Waals surface area contributed by atoms with E-state index < -0.39 is 16.0 Å². The van der Waals surface area contributed by atoms with Gasteiger partial charge in [0.25, 0.3) is 0 Å². The van der Waals surface area contributed by atoms with E-state index in [9.17, 15) is 18.3 Å². The summed E-state index contributed by atoms with van der Waals surface area (Å²) in [5.74, 6) is -0.670. The van der Waals surface area contributed by atoms with Gasteiger partial charge >= 0.3 is 5.97 Å². The molecule has 1 aromatic carbocycles. The van der Waals surface area contributed by atoms with Crippen LogP contribution in [0.1, 0.15) is 23.7 Å². The van der Waals surface area contributed by atoms with Gasteiger partial charge < -0.3 is 10.8 Å². The molecule has 1 atom stereocenters. The maximum Gasteiger partial charge on any atom is 0.337 e. The lowest BCUT2D eigenvalue weighted by Gasteiger charge is -2.26. The average molecular weight is 332 g/mol. The van der Waals surface area contributed by atoms with Gasteiger partial charge in [-0.15, -0.1) is 0 Å². The third-order valence-electron chi connectivity index (χ3n) is 3.24. The van der Waals surface area contributed by atoms with Crippen LogP contribution in [0.5, 0.6) is 0 Å². The predicted octanol–water partition coefficient (Wildman–Crippen LogP) is 1.73. The molecule has 0 bridgehead atoms. The summed E-state index contributed by atoms with van der Waals surface area (Å²) in [7, 11) is -2.41. The minimum Gasteiger partial charge on any atom is -0.478 e. The second kappa shape index (κ2) is 7.15. The van der Waals surface area contributed by atoms with E-state index in [0.29, 0.717) is 12.2 Å². The largest absolute Gasteiger partial charge is 0.478 e. The van der Waals surface area contributed by atoms with Crippen LogP contribution < -0.4 is 5.73 Å². The number of carboxylic acid groups (broad SMARTS) is 1. The summed E-state index contributed by atoms with van der Waals surface area (Å²) >= 11 is 1.54. The minimum absolute atomic E-state index is 0.191. The Labute approximate surface area is 129 Å². The molecule has 1 unspecified atom stereocenters.